The number of carbonyl (C=O) groups excluding carboxylic acids is 2. The van der Waals surface area contributed by atoms with E-state index in [1.165, 1.54) is 11.3 Å². The highest BCUT2D eigenvalue weighted by molar-refractivity contribution is 7.21. The van der Waals surface area contributed by atoms with Crippen molar-refractivity contribution >= 4 is 33.2 Å². The number of fused-ring (bicyclic) bond motifs is 4. The Hall–Kier alpha value is -1.88. The highest BCUT2D eigenvalue weighted by Gasteiger charge is 2.37. The third kappa shape index (κ3) is 1.51. The van der Waals surface area contributed by atoms with Crippen LogP contribution in [0, 0.1) is 0 Å². The summed E-state index contributed by atoms with van der Waals surface area (Å²) in [5, 5.41) is 4.06. The maximum atomic E-state index is 12.3. The van der Waals surface area contributed by atoms with Crippen molar-refractivity contribution < 1.29 is 9.59 Å². The summed E-state index contributed by atoms with van der Waals surface area (Å²) >= 11 is 1.51. The lowest BCUT2D eigenvalue weighted by Crippen LogP contribution is -2.42. The number of thiophene rings is 1. The van der Waals surface area contributed by atoms with Crippen molar-refractivity contribution in [3.05, 3.63) is 34.7 Å². The van der Waals surface area contributed by atoms with Crippen LogP contribution < -0.4 is 5.32 Å². The van der Waals surface area contributed by atoms with Crippen LogP contribution in [0.2, 0.25) is 0 Å². The van der Waals surface area contributed by atoms with Crippen LogP contribution in [0.4, 0.5) is 0 Å². The summed E-state index contributed by atoms with van der Waals surface area (Å²) in [6.07, 6.45) is 1.12. The molecule has 0 spiro atoms. The van der Waals surface area contributed by atoms with Gasteiger partial charge in [0.2, 0.25) is 5.91 Å². The Morgan fingerprint density at radius 3 is 3.00 bits per heavy atom. The Morgan fingerprint density at radius 2 is 2.11 bits per heavy atom. The fraction of sp³-hybridized carbons (Fsp3) is 0.286. The average molecular weight is 272 g/mol. The van der Waals surface area contributed by atoms with Gasteiger partial charge in [0.15, 0.2) is 0 Å². The van der Waals surface area contributed by atoms with Gasteiger partial charge in [0.25, 0.3) is 5.91 Å². The summed E-state index contributed by atoms with van der Waals surface area (Å²) in [4.78, 5) is 26.7. The van der Waals surface area contributed by atoms with Crippen molar-refractivity contribution in [3.63, 3.8) is 0 Å². The molecule has 4 nitrogen and oxygen atoms in total. The van der Waals surface area contributed by atoms with E-state index in [2.05, 4.69) is 5.32 Å². The van der Waals surface area contributed by atoms with Crippen LogP contribution in [0.3, 0.4) is 0 Å². The number of hydrogen-bond donors (Lipinski definition) is 1. The number of nitrogens with one attached hydrogen (secondary N) is 1. The van der Waals surface area contributed by atoms with Gasteiger partial charge in [0.05, 0.1) is 4.88 Å². The molecular formula is C14H12N2O2S. The number of carbonyl (C=O) groups is 2. The number of nitrogens with zero attached hydrogens (tertiary/aromatic N) is 1. The van der Waals surface area contributed by atoms with Crippen LogP contribution in [0.15, 0.2) is 24.3 Å². The second-order valence-electron chi connectivity index (χ2n) is 4.96. The molecule has 2 aromatic rings. The van der Waals surface area contributed by atoms with Crippen molar-refractivity contribution in [2.24, 2.45) is 0 Å². The van der Waals surface area contributed by atoms with E-state index in [4.69, 9.17) is 0 Å². The predicted octanol–water partition coefficient (Wildman–Crippen LogP) is 2.09. The van der Waals surface area contributed by atoms with E-state index in [9.17, 15) is 9.59 Å². The first-order chi connectivity index (χ1) is 9.24. The zero-order chi connectivity index (χ0) is 13.0. The van der Waals surface area contributed by atoms with E-state index in [1.807, 2.05) is 24.3 Å². The average Bonchev–Trinajstić information content (AvgIpc) is 2.90. The minimum Gasteiger partial charge on any atom is -0.331 e. The van der Waals surface area contributed by atoms with Gasteiger partial charge in [0.1, 0.15) is 6.17 Å². The van der Waals surface area contributed by atoms with Gasteiger partial charge < -0.3 is 10.2 Å². The molecule has 5 heteroatoms. The molecule has 4 rings (SSSR count). The fourth-order valence-electron chi connectivity index (χ4n) is 2.91. The summed E-state index contributed by atoms with van der Waals surface area (Å²) in [6.45, 7) is 0.543. The Kier molecular flexibility index (Phi) is 2.20. The molecule has 1 aromatic carbocycles. The van der Waals surface area contributed by atoms with E-state index >= 15 is 0 Å². The lowest BCUT2D eigenvalue weighted by atomic mass is 10.1. The smallest absolute Gasteiger partial charge is 0.263 e. The van der Waals surface area contributed by atoms with Crippen molar-refractivity contribution in [3.8, 4) is 0 Å². The number of rotatable bonds is 0. The van der Waals surface area contributed by atoms with Gasteiger partial charge in [-0.1, -0.05) is 18.2 Å². The SMILES string of the molecule is O=C1NC2CCC(=O)N2Cc2c1sc1ccccc21. The monoisotopic (exact) mass is 272 g/mol. The molecule has 0 bridgehead atoms. The molecule has 1 unspecified atom stereocenters. The largest absolute Gasteiger partial charge is 0.331 e. The van der Waals surface area contributed by atoms with Crippen LogP contribution in [-0.2, 0) is 11.3 Å². The van der Waals surface area contributed by atoms with Crippen LogP contribution in [0.25, 0.3) is 10.1 Å². The lowest BCUT2D eigenvalue weighted by Gasteiger charge is -2.22. The fourth-order valence-corrected chi connectivity index (χ4v) is 4.03. The Labute approximate surface area is 114 Å². The predicted molar refractivity (Wildman–Crippen MR) is 72.9 cm³/mol. The molecule has 0 aliphatic carbocycles. The summed E-state index contributed by atoms with van der Waals surface area (Å²) < 4.78 is 1.10. The molecule has 3 heterocycles. The highest BCUT2D eigenvalue weighted by atomic mass is 32.1. The molecule has 1 aromatic heterocycles. The molecule has 0 radical (unpaired) electrons. The Bertz CT molecular complexity index is 707. The quantitative estimate of drug-likeness (QED) is 0.798. The molecular weight excluding hydrogens is 260 g/mol. The van der Waals surface area contributed by atoms with Gasteiger partial charge in [-0.2, -0.15) is 0 Å². The summed E-state index contributed by atoms with van der Waals surface area (Å²) in [5.74, 6) is 0.0897. The first-order valence-corrected chi connectivity index (χ1v) is 7.16. The lowest BCUT2D eigenvalue weighted by molar-refractivity contribution is -0.129. The van der Waals surface area contributed by atoms with Crippen molar-refractivity contribution in [2.75, 3.05) is 0 Å². The van der Waals surface area contributed by atoms with Crippen LogP contribution >= 0.6 is 11.3 Å². The van der Waals surface area contributed by atoms with Gasteiger partial charge in [-0.15, -0.1) is 11.3 Å². The van der Waals surface area contributed by atoms with Crippen molar-refractivity contribution in [2.45, 2.75) is 25.6 Å². The van der Waals surface area contributed by atoms with E-state index in [0.29, 0.717) is 13.0 Å². The molecule has 0 saturated carbocycles. The Balaban J connectivity index is 1.92. The molecule has 1 N–H and O–H groups in total. The second kappa shape index (κ2) is 3.81. The molecule has 2 aliphatic heterocycles. The van der Waals surface area contributed by atoms with Crippen LogP contribution in [0.1, 0.15) is 28.1 Å². The van der Waals surface area contributed by atoms with Gasteiger partial charge in [-0.05, 0) is 17.9 Å². The molecule has 96 valence electrons. The first-order valence-electron chi connectivity index (χ1n) is 6.35. The zero-order valence-electron chi connectivity index (χ0n) is 10.2. The van der Waals surface area contributed by atoms with E-state index in [-0.39, 0.29) is 18.0 Å². The van der Waals surface area contributed by atoms with Gasteiger partial charge in [-0.3, -0.25) is 9.59 Å². The molecule has 1 saturated heterocycles. The molecule has 1 fully saturated rings. The first kappa shape index (κ1) is 11.0. The van der Waals surface area contributed by atoms with E-state index in [1.54, 1.807) is 4.90 Å². The number of benzene rings is 1. The van der Waals surface area contributed by atoms with Gasteiger partial charge in [0, 0.05) is 23.2 Å². The minimum absolute atomic E-state index is 0.0431. The third-order valence-corrected chi connectivity index (χ3v) is 5.07. The highest BCUT2D eigenvalue weighted by Crippen LogP contribution is 2.35. The summed E-state index contributed by atoms with van der Waals surface area (Å²) in [7, 11) is 0. The van der Waals surface area contributed by atoms with E-state index in [0.717, 1.165) is 26.9 Å². The maximum absolute atomic E-state index is 12.3. The maximum Gasteiger partial charge on any atom is 0.263 e. The van der Waals surface area contributed by atoms with Crippen molar-refractivity contribution in [1.29, 1.82) is 0 Å². The zero-order valence-corrected chi connectivity index (χ0v) is 11.0. The second-order valence-corrected chi connectivity index (χ2v) is 6.01. The Morgan fingerprint density at radius 1 is 1.26 bits per heavy atom. The summed E-state index contributed by atoms with van der Waals surface area (Å²) in [5.41, 5.74) is 0.996. The molecule has 19 heavy (non-hydrogen) atoms. The molecule has 2 amide bonds. The van der Waals surface area contributed by atoms with E-state index < -0.39 is 0 Å². The molecule has 1 atom stereocenters. The standard InChI is InChI=1S/C14H12N2O2S/c17-12-6-5-11-15-14(18)13-9(7-16(11)12)8-3-1-2-4-10(8)19-13/h1-4,11H,5-7H2,(H,15,18). The number of hydrogen-bond acceptors (Lipinski definition) is 3. The number of amides is 2. The minimum atomic E-state index is -0.127. The summed E-state index contributed by atoms with van der Waals surface area (Å²) in [6, 6.07) is 7.99. The van der Waals surface area contributed by atoms with Crippen LogP contribution in [-0.4, -0.2) is 22.9 Å². The van der Waals surface area contributed by atoms with Crippen molar-refractivity contribution in [1.82, 2.24) is 10.2 Å². The third-order valence-electron chi connectivity index (χ3n) is 3.86. The van der Waals surface area contributed by atoms with Crippen LogP contribution in [0.5, 0.6) is 0 Å². The topological polar surface area (TPSA) is 49.4 Å². The molecule has 2 aliphatic rings. The van der Waals surface area contributed by atoms with Gasteiger partial charge >= 0.3 is 0 Å². The van der Waals surface area contributed by atoms with Gasteiger partial charge in [-0.25, -0.2) is 0 Å². The normalized spacial score (nSPS) is 22.1.